The number of hydrogen-bond donors (Lipinski definition) is 2. The van der Waals surface area contributed by atoms with E-state index >= 15 is 0 Å². The molecule has 94 valence electrons. The smallest absolute Gasteiger partial charge is 0.0385 e. The monoisotopic (exact) mass is 240 g/mol. The molecule has 0 radical (unpaired) electrons. The topological polar surface area (TPSA) is 24.1 Å². The molecule has 0 aliphatic heterocycles. The molecule has 0 aromatic heterocycles. The maximum Gasteiger partial charge on any atom is 0.0385 e. The van der Waals surface area contributed by atoms with E-state index in [9.17, 15) is 0 Å². The van der Waals surface area contributed by atoms with Crippen molar-refractivity contribution in [2.75, 3.05) is 17.2 Å². The fourth-order valence-corrected chi connectivity index (χ4v) is 1.68. The molecule has 2 heteroatoms. The van der Waals surface area contributed by atoms with Crippen LogP contribution in [-0.2, 0) is 0 Å². The zero-order valence-electron chi connectivity index (χ0n) is 11.0. The Kier molecular flexibility index (Phi) is 4.24. The van der Waals surface area contributed by atoms with Crippen molar-refractivity contribution in [2.24, 2.45) is 5.92 Å². The summed E-state index contributed by atoms with van der Waals surface area (Å²) in [4.78, 5) is 0. The summed E-state index contributed by atoms with van der Waals surface area (Å²) < 4.78 is 0. The molecule has 0 aliphatic rings. The van der Waals surface area contributed by atoms with Gasteiger partial charge in [-0.05, 0) is 42.3 Å². The SMILES string of the molecule is CC(C)CNc1ccc(Nc2ccccc2)cc1. The lowest BCUT2D eigenvalue weighted by Crippen LogP contribution is -2.07. The quantitative estimate of drug-likeness (QED) is 0.804. The molecule has 0 spiro atoms. The Labute approximate surface area is 109 Å². The van der Waals surface area contributed by atoms with Gasteiger partial charge in [-0.3, -0.25) is 0 Å². The molecule has 0 atom stereocenters. The van der Waals surface area contributed by atoms with Gasteiger partial charge in [0.25, 0.3) is 0 Å². The van der Waals surface area contributed by atoms with E-state index in [1.165, 1.54) is 5.69 Å². The van der Waals surface area contributed by atoms with Crippen molar-refractivity contribution in [3.63, 3.8) is 0 Å². The van der Waals surface area contributed by atoms with Gasteiger partial charge in [0.15, 0.2) is 0 Å². The summed E-state index contributed by atoms with van der Waals surface area (Å²) in [5, 5.41) is 6.78. The average molecular weight is 240 g/mol. The van der Waals surface area contributed by atoms with E-state index in [1.807, 2.05) is 18.2 Å². The van der Waals surface area contributed by atoms with Gasteiger partial charge in [-0.25, -0.2) is 0 Å². The van der Waals surface area contributed by atoms with Gasteiger partial charge >= 0.3 is 0 Å². The molecule has 2 aromatic carbocycles. The van der Waals surface area contributed by atoms with Crippen LogP contribution in [0.2, 0.25) is 0 Å². The first-order valence-electron chi connectivity index (χ1n) is 6.40. The van der Waals surface area contributed by atoms with Crippen molar-refractivity contribution in [3.05, 3.63) is 54.6 Å². The van der Waals surface area contributed by atoms with Crippen LogP contribution in [0.1, 0.15) is 13.8 Å². The third-order valence-electron chi connectivity index (χ3n) is 2.66. The van der Waals surface area contributed by atoms with Crippen LogP contribution in [0.15, 0.2) is 54.6 Å². The van der Waals surface area contributed by atoms with Crippen LogP contribution in [0, 0.1) is 5.92 Å². The van der Waals surface area contributed by atoms with Crippen molar-refractivity contribution in [2.45, 2.75) is 13.8 Å². The van der Waals surface area contributed by atoms with Gasteiger partial charge in [-0.1, -0.05) is 32.0 Å². The van der Waals surface area contributed by atoms with E-state index < -0.39 is 0 Å². The van der Waals surface area contributed by atoms with Crippen LogP contribution in [0.25, 0.3) is 0 Å². The highest BCUT2D eigenvalue weighted by Gasteiger charge is 1.96. The Balaban J connectivity index is 1.95. The normalized spacial score (nSPS) is 10.4. The molecule has 2 aromatic rings. The highest BCUT2D eigenvalue weighted by Crippen LogP contribution is 2.18. The van der Waals surface area contributed by atoms with Crippen molar-refractivity contribution in [1.82, 2.24) is 0 Å². The molecule has 0 bridgehead atoms. The van der Waals surface area contributed by atoms with Gasteiger partial charge in [0.2, 0.25) is 0 Å². The Hall–Kier alpha value is -1.96. The maximum absolute atomic E-state index is 3.41. The zero-order chi connectivity index (χ0) is 12.8. The molecule has 0 heterocycles. The molecule has 0 amide bonds. The predicted octanol–water partition coefficient (Wildman–Crippen LogP) is 4.50. The van der Waals surface area contributed by atoms with Crippen LogP contribution in [0.5, 0.6) is 0 Å². The minimum atomic E-state index is 0.659. The van der Waals surface area contributed by atoms with E-state index in [-0.39, 0.29) is 0 Å². The van der Waals surface area contributed by atoms with Gasteiger partial charge in [-0.2, -0.15) is 0 Å². The number of hydrogen-bond acceptors (Lipinski definition) is 2. The largest absolute Gasteiger partial charge is 0.385 e. The van der Waals surface area contributed by atoms with Gasteiger partial charge in [0, 0.05) is 23.6 Å². The molecule has 0 saturated carbocycles. The van der Waals surface area contributed by atoms with Gasteiger partial charge in [-0.15, -0.1) is 0 Å². The first kappa shape index (κ1) is 12.5. The summed E-state index contributed by atoms with van der Waals surface area (Å²) in [5.41, 5.74) is 3.39. The molecule has 18 heavy (non-hydrogen) atoms. The molecule has 0 saturated heterocycles. The third-order valence-corrected chi connectivity index (χ3v) is 2.66. The Morgan fingerprint density at radius 1 is 0.778 bits per heavy atom. The minimum absolute atomic E-state index is 0.659. The number of benzene rings is 2. The van der Waals surface area contributed by atoms with E-state index in [0.29, 0.717) is 5.92 Å². The third kappa shape index (κ3) is 3.81. The first-order chi connectivity index (χ1) is 8.74. The van der Waals surface area contributed by atoms with Gasteiger partial charge in [0.1, 0.15) is 0 Å². The summed E-state index contributed by atoms with van der Waals surface area (Å²) in [6.45, 7) is 5.42. The molecule has 2 nitrogen and oxygen atoms in total. The highest BCUT2D eigenvalue weighted by atomic mass is 14.9. The second kappa shape index (κ2) is 6.10. The molecular formula is C16H20N2. The van der Waals surface area contributed by atoms with Gasteiger partial charge < -0.3 is 10.6 Å². The van der Waals surface area contributed by atoms with Crippen LogP contribution in [0.3, 0.4) is 0 Å². The highest BCUT2D eigenvalue weighted by molar-refractivity contribution is 5.62. The number of nitrogens with one attached hydrogen (secondary N) is 2. The van der Waals surface area contributed by atoms with E-state index in [0.717, 1.165) is 17.9 Å². The van der Waals surface area contributed by atoms with E-state index in [4.69, 9.17) is 0 Å². The van der Waals surface area contributed by atoms with Crippen LogP contribution in [0.4, 0.5) is 17.1 Å². The molecular weight excluding hydrogens is 220 g/mol. The Morgan fingerprint density at radius 2 is 1.33 bits per heavy atom. The van der Waals surface area contributed by atoms with Crippen molar-refractivity contribution in [3.8, 4) is 0 Å². The zero-order valence-corrected chi connectivity index (χ0v) is 11.0. The standard InChI is InChI=1S/C16H20N2/c1-13(2)12-17-14-8-10-16(11-9-14)18-15-6-4-3-5-7-15/h3-11,13,17-18H,12H2,1-2H3. The fraction of sp³-hybridized carbons (Fsp3) is 0.250. The van der Waals surface area contributed by atoms with Crippen LogP contribution < -0.4 is 10.6 Å². The van der Waals surface area contributed by atoms with Crippen molar-refractivity contribution >= 4 is 17.1 Å². The van der Waals surface area contributed by atoms with E-state index in [1.54, 1.807) is 0 Å². The second-order valence-electron chi connectivity index (χ2n) is 4.84. The lowest BCUT2D eigenvalue weighted by atomic mass is 10.2. The number of rotatable bonds is 5. The average Bonchev–Trinajstić information content (AvgIpc) is 2.39. The molecule has 0 fully saturated rings. The van der Waals surface area contributed by atoms with Crippen LogP contribution in [-0.4, -0.2) is 6.54 Å². The lowest BCUT2D eigenvalue weighted by Gasteiger charge is -2.10. The van der Waals surface area contributed by atoms with Crippen molar-refractivity contribution < 1.29 is 0 Å². The summed E-state index contributed by atoms with van der Waals surface area (Å²) in [5.74, 6) is 0.659. The summed E-state index contributed by atoms with van der Waals surface area (Å²) >= 11 is 0. The molecule has 2 rings (SSSR count). The second-order valence-corrected chi connectivity index (χ2v) is 4.84. The van der Waals surface area contributed by atoms with Gasteiger partial charge in [0.05, 0.1) is 0 Å². The maximum atomic E-state index is 3.41. The Morgan fingerprint density at radius 3 is 1.94 bits per heavy atom. The summed E-state index contributed by atoms with van der Waals surface area (Å²) in [7, 11) is 0. The lowest BCUT2D eigenvalue weighted by molar-refractivity contribution is 0.689. The molecule has 0 unspecified atom stereocenters. The number of para-hydroxylation sites is 1. The minimum Gasteiger partial charge on any atom is -0.385 e. The van der Waals surface area contributed by atoms with Crippen LogP contribution >= 0.6 is 0 Å². The first-order valence-corrected chi connectivity index (χ1v) is 6.40. The summed E-state index contributed by atoms with van der Waals surface area (Å²) in [6, 6.07) is 18.6. The fourth-order valence-electron chi connectivity index (χ4n) is 1.68. The molecule has 2 N–H and O–H groups in total. The Bertz CT molecular complexity index is 460. The summed E-state index contributed by atoms with van der Waals surface area (Å²) in [6.07, 6.45) is 0. The molecule has 0 aliphatic carbocycles. The van der Waals surface area contributed by atoms with Crippen molar-refractivity contribution in [1.29, 1.82) is 0 Å². The predicted molar refractivity (Wildman–Crippen MR) is 79.5 cm³/mol. The number of anilines is 3. The van der Waals surface area contributed by atoms with E-state index in [2.05, 4.69) is 60.9 Å².